The molecule has 0 N–H and O–H groups in total. The van der Waals surface area contributed by atoms with Gasteiger partial charge in [-0.1, -0.05) is 0 Å². The number of methoxy groups -OCH3 is 1. The van der Waals surface area contributed by atoms with Crippen molar-refractivity contribution in [2.24, 2.45) is 0 Å². The van der Waals surface area contributed by atoms with E-state index in [9.17, 15) is 4.79 Å². The summed E-state index contributed by atoms with van der Waals surface area (Å²) in [5, 5.41) is 0. The van der Waals surface area contributed by atoms with E-state index in [1.807, 2.05) is 30.3 Å². The number of ketones is 1. The van der Waals surface area contributed by atoms with Gasteiger partial charge in [-0.05, 0) is 67.8 Å². The second-order valence-electron chi connectivity index (χ2n) is 5.58. The first-order valence-corrected chi connectivity index (χ1v) is 7.79. The number of benzene rings is 2. The van der Waals surface area contributed by atoms with Crippen LogP contribution in [0.4, 0.5) is 5.69 Å². The monoisotopic (exact) mass is 295 g/mol. The standard InChI is InChI=1S/C19H21NO2/c1-3-20-12-4-5-15-13-16(8-11-18(15)20)19(21)14-6-9-17(22-2)10-7-14/h6-11,13H,3-5,12H2,1-2H3. The minimum atomic E-state index is 0.0686. The zero-order chi connectivity index (χ0) is 15.5. The van der Waals surface area contributed by atoms with Crippen molar-refractivity contribution in [3.05, 3.63) is 59.2 Å². The Morgan fingerprint density at radius 1 is 1.14 bits per heavy atom. The molecule has 0 saturated heterocycles. The molecule has 0 aliphatic carbocycles. The van der Waals surface area contributed by atoms with Crippen molar-refractivity contribution in [3.63, 3.8) is 0 Å². The number of aryl methyl sites for hydroxylation is 1. The van der Waals surface area contributed by atoms with E-state index in [4.69, 9.17) is 4.74 Å². The summed E-state index contributed by atoms with van der Waals surface area (Å²) in [5.41, 5.74) is 4.03. The molecule has 0 aromatic heterocycles. The molecule has 114 valence electrons. The van der Waals surface area contributed by atoms with Crippen LogP contribution in [0.3, 0.4) is 0 Å². The van der Waals surface area contributed by atoms with Gasteiger partial charge in [-0.15, -0.1) is 0 Å². The molecule has 22 heavy (non-hydrogen) atoms. The predicted molar refractivity (Wildman–Crippen MR) is 89.1 cm³/mol. The number of carbonyl (C=O) groups is 1. The average Bonchev–Trinajstić information content (AvgIpc) is 2.60. The van der Waals surface area contributed by atoms with E-state index in [0.29, 0.717) is 5.56 Å². The Bertz CT molecular complexity index is 676. The molecule has 0 saturated carbocycles. The van der Waals surface area contributed by atoms with Gasteiger partial charge >= 0.3 is 0 Å². The van der Waals surface area contributed by atoms with E-state index in [1.165, 1.54) is 11.3 Å². The molecule has 2 aromatic carbocycles. The van der Waals surface area contributed by atoms with Gasteiger partial charge in [-0.25, -0.2) is 0 Å². The number of hydrogen-bond acceptors (Lipinski definition) is 3. The largest absolute Gasteiger partial charge is 0.497 e. The maximum atomic E-state index is 12.6. The second-order valence-corrected chi connectivity index (χ2v) is 5.58. The second kappa shape index (κ2) is 6.22. The summed E-state index contributed by atoms with van der Waals surface area (Å²) in [6.07, 6.45) is 2.20. The highest BCUT2D eigenvalue weighted by atomic mass is 16.5. The molecule has 1 heterocycles. The summed E-state index contributed by atoms with van der Waals surface area (Å²) in [7, 11) is 1.62. The van der Waals surface area contributed by atoms with E-state index in [2.05, 4.69) is 24.0 Å². The van der Waals surface area contributed by atoms with Gasteiger partial charge in [-0.3, -0.25) is 4.79 Å². The zero-order valence-electron chi connectivity index (χ0n) is 13.1. The number of hydrogen-bond donors (Lipinski definition) is 0. The van der Waals surface area contributed by atoms with Crippen LogP contribution < -0.4 is 9.64 Å². The van der Waals surface area contributed by atoms with Gasteiger partial charge in [0.25, 0.3) is 0 Å². The van der Waals surface area contributed by atoms with Crippen molar-refractivity contribution in [2.45, 2.75) is 19.8 Å². The van der Waals surface area contributed by atoms with Gasteiger partial charge < -0.3 is 9.64 Å². The van der Waals surface area contributed by atoms with Gasteiger partial charge in [-0.2, -0.15) is 0 Å². The lowest BCUT2D eigenvalue weighted by Gasteiger charge is -2.30. The van der Waals surface area contributed by atoms with Crippen LogP contribution in [0.25, 0.3) is 0 Å². The molecule has 0 spiro atoms. The zero-order valence-corrected chi connectivity index (χ0v) is 13.1. The van der Waals surface area contributed by atoms with E-state index >= 15 is 0 Å². The third-order valence-electron chi connectivity index (χ3n) is 4.29. The Morgan fingerprint density at radius 3 is 2.55 bits per heavy atom. The summed E-state index contributed by atoms with van der Waals surface area (Å²) >= 11 is 0. The van der Waals surface area contributed by atoms with Crippen LogP contribution in [-0.4, -0.2) is 26.0 Å². The topological polar surface area (TPSA) is 29.5 Å². The first-order valence-electron chi connectivity index (χ1n) is 7.79. The molecular weight excluding hydrogens is 274 g/mol. The Kier molecular flexibility index (Phi) is 4.14. The summed E-state index contributed by atoms with van der Waals surface area (Å²) in [4.78, 5) is 15.0. The van der Waals surface area contributed by atoms with Gasteiger partial charge in [0.2, 0.25) is 0 Å². The highest BCUT2D eigenvalue weighted by Gasteiger charge is 2.18. The van der Waals surface area contributed by atoms with Crippen LogP contribution in [0, 0.1) is 0 Å². The van der Waals surface area contributed by atoms with Crippen molar-refractivity contribution in [3.8, 4) is 5.75 Å². The molecular formula is C19H21NO2. The van der Waals surface area contributed by atoms with Gasteiger partial charge in [0.15, 0.2) is 5.78 Å². The lowest BCUT2D eigenvalue weighted by atomic mass is 9.95. The molecule has 0 radical (unpaired) electrons. The van der Waals surface area contributed by atoms with E-state index in [1.54, 1.807) is 7.11 Å². The number of fused-ring (bicyclic) bond motifs is 1. The molecule has 3 heteroatoms. The van der Waals surface area contributed by atoms with E-state index in [0.717, 1.165) is 37.2 Å². The minimum absolute atomic E-state index is 0.0686. The van der Waals surface area contributed by atoms with Crippen molar-refractivity contribution >= 4 is 11.5 Å². The highest BCUT2D eigenvalue weighted by molar-refractivity contribution is 6.09. The molecule has 1 aliphatic rings. The number of carbonyl (C=O) groups excluding carboxylic acids is 1. The maximum absolute atomic E-state index is 12.6. The fourth-order valence-corrected chi connectivity index (χ4v) is 3.05. The number of anilines is 1. The third kappa shape index (κ3) is 2.71. The SMILES string of the molecule is CCN1CCCc2cc(C(=O)c3ccc(OC)cc3)ccc21. The quantitative estimate of drug-likeness (QED) is 0.806. The van der Waals surface area contributed by atoms with Crippen LogP contribution in [0.1, 0.15) is 34.8 Å². The maximum Gasteiger partial charge on any atom is 0.193 e. The Morgan fingerprint density at radius 2 is 1.86 bits per heavy atom. The Labute approximate surface area is 131 Å². The predicted octanol–water partition coefficient (Wildman–Crippen LogP) is 3.70. The Balaban J connectivity index is 1.89. The smallest absolute Gasteiger partial charge is 0.193 e. The molecule has 0 amide bonds. The normalized spacial score (nSPS) is 13.6. The lowest BCUT2D eigenvalue weighted by molar-refractivity contribution is 0.103. The van der Waals surface area contributed by atoms with Crippen molar-refractivity contribution in [1.82, 2.24) is 0 Å². The Hall–Kier alpha value is -2.29. The van der Waals surface area contributed by atoms with Crippen LogP contribution >= 0.6 is 0 Å². The molecule has 2 aromatic rings. The van der Waals surface area contributed by atoms with Gasteiger partial charge in [0.05, 0.1) is 7.11 Å². The van der Waals surface area contributed by atoms with Gasteiger partial charge in [0.1, 0.15) is 5.75 Å². The molecule has 0 atom stereocenters. The average molecular weight is 295 g/mol. The van der Waals surface area contributed by atoms with Crippen LogP contribution in [-0.2, 0) is 6.42 Å². The van der Waals surface area contributed by atoms with Crippen molar-refractivity contribution < 1.29 is 9.53 Å². The third-order valence-corrected chi connectivity index (χ3v) is 4.29. The lowest BCUT2D eigenvalue weighted by Crippen LogP contribution is -2.29. The number of ether oxygens (including phenoxy) is 1. The number of rotatable bonds is 4. The molecule has 3 nitrogen and oxygen atoms in total. The van der Waals surface area contributed by atoms with Crippen molar-refractivity contribution in [1.29, 1.82) is 0 Å². The summed E-state index contributed by atoms with van der Waals surface area (Å²) in [5.74, 6) is 0.833. The summed E-state index contributed by atoms with van der Waals surface area (Å²) in [6.45, 7) is 4.29. The van der Waals surface area contributed by atoms with E-state index < -0.39 is 0 Å². The van der Waals surface area contributed by atoms with Crippen LogP contribution in [0.15, 0.2) is 42.5 Å². The molecule has 0 bridgehead atoms. The molecule has 0 unspecified atom stereocenters. The summed E-state index contributed by atoms with van der Waals surface area (Å²) in [6, 6.07) is 13.4. The first kappa shape index (κ1) is 14.6. The van der Waals surface area contributed by atoms with E-state index in [-0.39, 0.29) is 5.78 Å². The molecule has 0 fully saturated rings. The van der Waals surface area contributed by atoms with Gasteiger partial charge in [0, 0.05) is 29.9 Å². The van der Waals surface area contributed by atoms with Crippen LogP contribution in [0.2, 0.25) is 0 Å². The first-order chi connectivity index (χ1) is 10.7. The van der Waals surface area contributed by atoms with Crippen molar-refractivity contribution in [2.75, 3.05) is 25.1 Å². The van der Waals surface area contributed by atoms with Crippen LogP contribution in [0.5, 0.6) is 5.75 Å². The number of nitrogens with zero attached hydrogens (tertiary/aromatic N) is 1. The fourth-order valence-electron chi connectivity index (χ4n) is 3.05. The molecule has 3 rings (SSSR count). The fraction of sp³-hybridized carbons (Fsp3) is 0.316. The highest BCUT2D eigenvalue weighted by Crippen LogP contribution is 2.28. The molecule has 1 aliphatic heterocycles. The minimum Gasteiger partial charge on any atom is -0.497 e. The summed E-state index contributed by atoms with van der Waals surface area (Å²) < 4.78 is 5.14.